The Morgan fingerprint density at radius 2 is 2.38 bits per heavy atom. The summed E-state index contributed by atoms with van der Waals surface area (Å²) < 4.78 is 0. The van der Waals surface area contributed by atoms with Crippen molar-refractivity contribution < 1.29 is 0 Å². The van der Waals surface area contributed by atoms with E-state index in [1.807, 2.05) is 23.1 Å². The van der Waals surface area contributed by atoms with Gasteiger partial charge in [-0.25, -0.2) is 0 Å². The summed E-state index contributed by atoms with van der Waals surface area (Å²) in [6.45, 7) is 4.48. The average Bonchev–Trinajstić information content (AvgIpc) is 2.72. The zero-order chi connectivity index (χ0) is 11.5. The minimum atomic E-state index is 0.325. The molecule has 2 heterocycles. The van der Waals surface area contributed by atoms with Crippen molar-refractivity contribution >= 4 is 23.1 Å². The standard InChI is InChI=1S/C12H20N2S2/c1-3-8(2)12(14-13)11-6-9-7-15-5-4-10(9)16-11/h6,8,12,14H,3-5,7,13H2,1-2H3. The predicted octanol–water partition coefficient (Wildman–Crippen LogP) is 3.09. The molecular weight excluding hydrogens is 236 g/mol. The first kappa shape index (κ1) is 12.4. The molecule has 0 saturated heterocycles. The summed E-state index contributed by atoms with van der Waals surface area (Å²) in [5.74, 6) is 8.74. The molecule has 2 unspecified atom stereocenters. The molecule has 90 valence electrons. The van der Waals surface area contributed by atoms with Crippen LogP contribution in [0.25, 0.3) is 0 Å². The lowest BCUT2D eigenvalue weighted by molar-refractivity contribution is 0.388. The van der Waals surface area contributed by atoms with Gasteiger partial charge in [-0.05, 0) is 29.7 Å². The first-order chi connectivity index (χ1) is 7.76. The highest BCUT2D eigenvalue weighted by Crippen LogP contribution is 2.36. The summed E-state index contributed by atoms with van der Waals surface area (Å²) in [5, 5.41) is 0. The first-order valence-corrected chi connectivity index (χ1v) is 7.88. The molecule has 0 saturated carbocycles. The van der Waals surface area contributed by atoms with Crippen LogP contribution >= 0.6 is 23.1 Å². The van der Waals surface area contributed by atoms with Gasteiger partial charge in [-0.3, -0.25) is 11.3 Å². The summed E-state index contributed by atoms with van der Waals surface area (Å²) in [5.41, 5.74) is 4.52. The van der Waals surface area contributed by atoms with E-state index in [0.29, 0.717) is 12.0 Å². The van der Waals surface area contributed by atoms with Crippen molar-refractivity contribution in [2.24, 2.45) is 11.8 Å². The van der Waals surface area contributed by atoms with Crippen LogP contribution in [0, 0.1) is 5.92 Å². The molecule has 3 N–H and O–H groups in total. The fraction of sp³-hybridized carbons (Fsp3) is 0.667. The Labute approximate surface area is 106 Å². The number of hydrogen-bond donors (Lipinski definition) is 2. The van der Waals surface area contributed by atoms with Crippen LogP contribution < -0.4 is 11.3 Å². The maximum atomic E-state index is 5.69. The van der Waals surface area contributed by atoms with Gasteiger partial charge in [0.2, 0.25) is 0 Å². The Hall–Kier alpha value is -0.0300. The Morgan fingerprint density at radius 3 is 3.00 bits per heavy atom. The summed E-state index contributed by atoms with van der Waals surface area (Å²) in [4.78, 5) is 3.00. The van der Waals surface area contributed by atoms with Crippen LogP contribution in [0.1, 0.15) is 41.6 Å². The molecule has 0 aliphatic carbocycles. The van der Waals surface area contributed by atoms with Gasteiger partial charge in [0.15, 0.2) is 0 Å². The van der Waals surface area contributed by atoms with E-state index in [1.54, 1.807) is 10.4 Å². The Balaban J connectivity index is 2.21. The summed E-state index contributed by atoms with van der Waals surface area (Å²) in [6, 6.07) is 2.69. The topological polar surface area (TPSA) is 38.0 Å². The third-order valence-electron chi connectivity index (χ3n) is 3.35. The van der Waals surface area contributed by atoms with E-state index in [4.69, 9.17) is 5.84 Å². The van der Waals surface area contributed by atoms with Crippen molar-refractivity contribution in [2.75, 3.05) is 5.75 Å². The second-order valence-electron chi connectivity index (χ2n) is 4.43. The van der Waals surface area contributed by atoms with Crippen molar-refractivity contribution in [2.45, 2.75) is 38.5 Å². The molecule has 0 radical (unpaired) electrons. The fourth-order valence-corrected chi connectivity index (χ4v) is 4.66. The van der Waals surface area contributed by atoms with Crippen LogP contribution in [0.4, 0.5) is 0 Å². The maximum Gasteiger partial charge on any atom is 0.0578 e. The van der Waals surface area contributed by atoms with Crippen LogP contribution in [-0.4, -0.2) is 5.75 Å². The third-order valence-corrected chi connectivity index (χ3v) is 5.67. The maximum absolute atomic E-state index is 5.69. The van der Waals surface area contributed by atoms with Gasteiger partial charge in [0.05, 0.1) is 6.04 Å². The van der Waals surface area contributed by atoms with Gasteiger partial charge >= 0.3 is 0 Å². The lowest BCUT2D eigenvalue weighted by atomic mass is 9.98. The van der Waals surface area contributed by atoms with Crippen molar-refractivity contribution in [3.63, 3.8) is 0 Å². The van der Waals surface area contributed by atoms with Crippen molar-refractivity contribution in [3.8, 4) is 0 Å². The van der Waals surface area contributed by atoms with Crippen molar-refractivity contribution in [3.05, 3.63) is 21.4 Å². The third kappa shape index (κ3) is 2.45. The number of thioether (sulfide) groups is 1. The minimum Gasteiger partial charge on any atom is -0.271 e. The summed E-state index contributed by atoms with van der Waals surface area (Å²) >= 11 is 4.00. The zero-order valence-electron chi connectivity index (χ0n) is 9.95. The second kappa shape index (κ2) is 5.54. The van der Waals surface area contributed by atoms with Crippen LogP contribution in [-0.2, 0) is 12.2 Å². The molecule has 1 aliphatic rings. The zero-order valence-corrected chi connectivity index (χ0v) is 11.6. The molecular formula is C12H20N2S2. The van der Waals surface area contributed by atoms with Gasteiger partial charge < -0.3 is 0 Å². The molecule has 0 spiro atoms. The van der Waals surface area contributed by atoms with Crippen LogP contribution in [0.5, 0.6) is 0 Å². The number of hydrazine groups is 1. The molecule has 2 nitrogen and oxygen atoms in total. The highest BCUT2D eigenvalue weighted by atomic mass is 32.2. The van der Waals surface area contributed by atoms with Crippen molar-refractivity contribution in [1.82, 2.24) is 5.43 Å². The number of nitrogens with two attached hydrogens (primary N) is 1. The second-order valence-corrected chi connectivity index (χ2v) is 6.70. The number of hydrogen-bond acceptors (Lipinski definition) is 4. The number of rotatable bonds is 4. The molecule has 4 heteroatoms. The Kier molecular flexibility index (Phi) is 4.30. The molecule has 0 amide bonds. The van der Waals surface area contributed by atoms with E-state index >= 15 is 0 Å². The predicted molar refractivity (Wildman–Crippen MR) is 73.7 cm³/mol. The highest BCUT2D eigenvalue weighted by Gasteiger charge is 2.21. The van der Waals surface area contributed by atoms with Gasteiger partial charge in [0.25, 0.3) is 0 Å². The normalized spacial score (nSPS) is 19.2. The van der Waals surface area contributed by atoms with Crippen LogP contribution in [0.15, 0.2) is 6.07 Å². The molecule has 1 aromatic heterocycles. The minimum absolute atomic E-state index is 0.325. The van der Waals surface area contributed by atoms with Crippen LogP contribution in [0.3, 0.4) is 0 Å². The van der Waals surface area contributed by atoms with Crippen LogP contribution in [0.2, 0.25) is 0 Å². The quantitative estimate of drug-likeness (QED) is 0.642. The van der Waals surface area contributed by atoms with Crippen molar-refractivity contribution in [1.29, 1.82) is 0 Å². The molecule has 1 aliphatic heterocycles. The monoisotopic (exact) mass is 256 g/mol. The smallest absolute Gasteiger partial charge is 0.0578 e. The SMILES string of the molecule is CCC(C)C(NN)c1cc2c(s1)CCSC2. The molecule has 1 aromatic rings. The van der Waals surface area contributed by atoms with E-state index in [-0.39, 0.29) is 0 Å². The summed E-state index contributed by atoms with van der Waals surface area (Å²) in [7, 11) is 0. The molecule has 16 heavy (non-hydrogen) atoms. The first-order valence-electron chi connectivity index (χ1n) is 5.91. The largest absolute Gasteiger partial charge is 0.271 e. The average molecular weight is 256 g/mol. The highest BCUT2D eigenvalue weighted by molar-refractivity contribution is 7.98. The molecule has 2 rings (SSSR count). The van der Waals surface area contributed by atoms with Gasteiger partial charge in [0.1, 0.15) is 0 Å². The van der Waals surface area contributed by atoms with Gasteiger partial charge in [-0.2, -0.15) is 11.8 Å². The number of fused-ring (bicyclic) bond motifs is 1. The molecule has 0 aromatic carbocycles. The Bertz CT molecular complexity index is 325. The van der Waals surface area contributed by atoms with Gasteiger partial charge in [-0.1, -0.05) is 20.3 Å². The van der Waals surface area contributed by atoms with E-state index in [2.05, 4.69) is 25.3 Å². The summed E-state index contributed by atoms with van der Waals surface area (Å²) in [6.07, 6.45) is 2.40. The number of aryl methyl sites for hydroxylation is 1. The van der Waals surface area contributed by atoms with Gasteiger partial charge in [-0.15, -0.1) is 11.3 Å². The number of nitrogens with one attached hydrogen (secondary N) is 1. The fourth-order valence-electron chi connectivity index (χ4n) is 2.09. The lowest BCUT2D eigenvalue weighted by Crippen LogP contribution is -2.31. The lowest BCUT2D eigenvalue weighted by Gasteiger charge is -2.20. The van der Waals surface area contributed by atoms with E-state index in [9.17, 15) is 0 Å². The van der Waals surface area contributed by atoms with Gasteiger partial charge in [0, 0.05) is 15.5 Å². The molecule has 0 bridgehead atoms. The van der Waals surface area contributed by atoms with E-state index in [0.717, 1.165) is 6.42 Å². The van der Waals surface area contributed by atoms with E-state index < -0.39 is 0 Å². The Morgan fingerprint density at radius 1 is 1.56 bits per heavy atom. The molecule has 0 fully saturated rings. The van der Waals surface area contributed by atoms with E-state index in [1.165, 1.54) is 22.8 Å². The molecule has 2 atom stereocenters. The number of thiophene rings is 1.